The Balaban J connectivity index is 2.20. The molecule has 174 valence electrons. The molecule has 0 aliphatic carbocycles. The number of amides is 2. The highest BCUT2D eigenvalue weighted by molar-refractivity contribution is 6.05. The van der Waals surface area contributed by atoms with Crippen molar-refractivity contribution in [3.05, 3.63) is 59.7 Å². The predicted octanol–water partition coefficient (Wildman–Crippen LogP) is 0.859. The number of rotatable bonds is 10. The van der Waals surface area contributed by atoms with Gasteiger partial charge in [0.15, 0.2) is 11.6 Å². The van der Waals surface area contributed by atoms with Crippen LogP contribution in [0.5, 0.6) is 0 Å². The average molecular weight is 454 g/mol. The fourth-order valence-corrected chi connectivity index (χ4v) is 3.16. The molecule has 0 saturated heterocycles. The molecule has 0 fully saturated rings. The largest absolute Gasteiger partial charge is 0.467 e. The first-order chi connectivity index (χ1) is 15.6. The molecule has 0 aliphatic rings. The molecule has 2 rings (SSSR count). The van der Waals surface area contributed by atoms with Gasteiger partial charge in [0, 0.05) is 42.3 Å². The summed E-state index contributed by atoms with van der Waals surface area (Å²) in [5.74, 6) is -3.24. The molecule has 2 aromatic rings. The summed E-state index contributed by atoms with van der Waals surface area (Å²) < 4.78 is 4.70. The lowest BCUT2D eigenvalue weighted by Gasteiger charge is -2.21. The zero-order valence-electron chi connectivity index (χ0n) is 18.3. The van der Waals surface area contributed by atoms with Crippen molar-refractivity contribution in [1.29, 1.82) is 0 Å². The smallest absolute Gasteiger partial charge is 0.328 e. The van der Waals surface area contributed by atoms with E-state index in [9.17, 15) is 24.0 Å². The third-order valence-corrected chi connectivity index (χ3v) is 4.80. The number of Topliss-reactive ketones (excluding diaryl/α,β-unsaturated/α-hetero) is 2. The first-order valence-electron chi connectivity index (χ1n) is 10.0. The molecule has 2 unspecified atom stereocenters. The van der Waals surface area contributed by atoms with E-state index in [2.05, 4.69) is 10.6 Å². The van der Waals surface area contributed by atoms with Gasteiger partial charge >= 0.3 is 5.97 Å². The molecular weight excluding hydrogens is 428 g/mol. The minimum absolute atomic E-state index is 0.189. The number of nitrogens with one attached hydrogen (secondary N) is 2. The van der Waals surface area contributed by atoms with E-state index < -0.39 is 54.3 Å². The van der Waals surface area contributed by atoms with Gasteiger partial charge in [0.05, 0.1) is 7.11 Å². The number of nitrogens with two attached hydrogens (primary N) is 2. The van der Waals surface area contributed by atoms with Crippen LogP contribution in [0.3, 0.4) is 0 Å². The molecule has 6 N–H and O–H groups in total. The van der Waals surface area contributed by atoms with Gasteiger partial charge < -0.3 is 26.8 Å². The maximum atomic E-state index is 12.9. The third kappa shape index (κ3) is 6.89. The number of hydrogen-bond acceptors (Lipinski definition) is 8. The second-order valence-electron chi connectivity index (χ2n) is 7.27. The van der Waals surface area contributed by atoms with Crippen molar-refractivity contribution >= 4 is 40.7 Å². The molecule has 10 nitrogen and oxygen atoms in total. The van der Waals surface area contributed by atoms with E-state index in [1.807, 2.05) is 0 Å². The summed E-state index contributed by atoms with van der Waals surface area (Å²) in [6.07, 6.45) is -0.841. The van der Waals surface area contributed by atoms with Gasteiger partial charge in [0.1, 0.15) is 12.1 Å². The summed E-state index contributed by atoms with van der Waals surface area (Å²) in [6.45, 7) is 1.18. The Morgan fingerprint density at radius 1 is 0.788 bits per heavy atom. The van der Waals surface area contributed by atoms with E-state index in [4.69, 9.17) is 16.2 Å². The molecule has 0 radical (unpaired) electrons. The highest BCUT2D eigenvalue weighted by atomic mass is 16.5. The molecule has 2 aromatic carbocycles. The monoisotopic (exact) mass is 454 g/mol. The first kappa shape index (κ1) is 25.1. The summed E-state index contributed by atoms with van der Waals surface area (Å²) in [4.78, 5) is 62.1. The zero-order chi connectivity index (χ0) is 24.5. The SMILES string of the molecule is COC(=O)C(CC(=O)c1ccccc1N)NC(=O)C(CC(=O)c1ccccc1N)NC(C)=O. The maximum Gasteiger partial charge on any atom is 0.328 e. The van der Waals surface area contributed by atoms with Crippen molar-refractivity contribution in [2.75, 3.05) is 18.6 Å². The minimum atomic E-state index is -1.36. The van der Waals surface area contributed by atoms with Crippen LogP contribution in [0.15, 0.2) is 48.5 Å². The van der Waals surface area contributed by atoms with Gasteiger partial charge in [-0.3, -0.25) is 19.2 Å². The number of benzene rings is 2. The summed E-state index contributed by atoms with van der Waals surface area (Å²) in [5.41, 5.74) is 12.5. The first-order valence-corrected chi connectivity index (χ1v) is 10.0. The summed E-state index contributed by atoms with van der Waals surface area (Å²) in [6, 6.07) is 9.94. The molecule has 0 aliphatic heterocycles. The van der Waals surface area contributed by atoms with Crippen LogP contribution in [0.4, 0.5) is 11.4 Å². The summed E-state index contributed by atoms with van der Waals surface area (Å²) in [7, 11) is 1.11. The Kier molecular flexibility index (Phi) is 8.67. The van der Waals surface area contributed by atoms with Gasteiger partial charge in [-0.05, 0) is 24.3 Å². The van der Waals surface area contributed by atoms with Crippen LogP contribution in [0.25, 0.3) is 0 Å². The van der Waals surface area contributed by atoms with Crippen molar-refractivity contribution in [1.82, 2.24) is 10.6 Å². The van der Waals surface area contributed by atoms with Gasteiger partial charge in [-0.15, -0.1) is 0 Å². The van der Waals surface area contributed by atoms with Crippen LogP contribution < -0.4 is 22.1 Å². The van der Waals surface area contributed by atoms with Gasteiger partial charge in [-0.2, -0.15) is 0 Å². The fraction of sp³-hybridized carbons (Fsp3) is 0.261. The highest BCUT2D eigenvalue weighted by Crippen LogP contribution is 2.16. The Labute approximate surface area is 190 Å². The third-order valence-electron chi connectivity index (χ3n) is 4.80. The molecular formula is C23H26N4O6. The average Bonchev–Trinajstić information content (AvgIpc) is 2.77. The lowest BCUT2D eigenvalue weighted by molar-refractivity contribution is -0.145. The topological polar surface area (TPSA) is 171 Å². The second-order valence-corrected chi connectivity index (χ2v) is 7.27. The lowest BCUT2D eigenvalue weighted by atomic mass is 9.99. The predicted molar refractivity (Wildman–Crippen MR) is 121 cm³/mol. The van der Waals surface area contributed by atoms with Crippen LogP contribution in [0.2, 0.25) is 0 Å². The Hall–Kier alpha value is -4.21. The standard InChI is InChI=1S/C23H26N4O6/c1-13(28)26-18(11-20(29)14-7-3-5-9-16(14)24)22(31)27-19(23(32)33-2)12-21(30)15-8-4-6-10-17(15)25/h3-10,18-19H,11-12,24-25H2,1-2H3,(H,26,28)(H,27,31). The fourth-order valence-electron chi connectivity index (χ4n) is 3.16. The molecule has 2 atom stereocenters. The van der Waals surface area contributed by atoms with Crippen molar-refractivity contribution in [3.63, 3.8) is 0 Å². The number of para-hydroxylation sites is 2. The van der Waals surface area contributed by atoms with Crippen molar-refractivity contribution in [2.24, 2.45) is 0 Å². The van der Waals surface area contributed by atoms with Crippen molar-refractivity contribution in [2.45, 2.75) is 31.8 Å². The van der Waals surface area contributed by atoms with Crippen LogP contribution in [-0.2, 0) is 19.1 Å². The van der Waals surface area contributed by atoms with Crippen LogP contribution in [0, 0.1) is 0 Å². The molecule has 0 spiro atoms. The van der Waals surface area contributed by atoms with Gasteiger partial charge in [0.25, 0.3) is 0 Å². The Bertz CT molecular complexity index is 1070. The van der Waals surface area contributed by atoms with Gasteiger partial charge in [0.2, 0.25) is 11.8 Å². The quantitative estimate of drug-likeness (QED) is 0.233. The molecule has 10 heteroatoms. The van der Waals surface area contributed by atoms with Gasteiger partial charge in [-0.25, -0.2) is 4.79 Å². The number of carbonyl (C=O) groups excluding carboxylic acids is 5. The van der Waals surface area contributed by atoms with E-state index in [1.54, 1.807) is 24.3 Å². The van der Waals surface area contributed by atoms with E-state index in [1.165, 1.54) is 31.2 Å². The number of ketones is 2. The molecule has 0 bridgehead atoms. The molecule has 33 heavy (non-hydrogen) atoms. The summed E-state index contributed by atoms with van der Waals surface area (Å²) >= 11 is 0. The number of esters is 1. The van der Waals surface area contributed by atoms with Gasteiger partial charge in [-0.1, -0.05) is 24.3 Å². The second kappa shape index (κ2) is 11.4. The van der Waals surface area contributed by atoms with E-state index in [0.29, 0.717) is 0 Å². The number of hydrogen-bond donors (Lipinski definition) is 4. The van der Waals surface area contributed by atoms with E-state index in [0.717, 1.165) is 7.11 Å². The molecule has 0 saturated carbocycles. The van der Waals surface area contributed by atoms with Crippen molar-refractivity contribution in [3.8, 4) is 0 Å². The number of nitrogen functional groups attached to an aromatic ring is 2. The lowest BCUT2D eigenvalue weighted by Crippen LogP contribution is -2.52. The normalized spacial score (nSPS) is 12.2. The van der Waals surface area contributed by atoms with E-state index >= 15 is 0 Å². The number of methoxy groups -OCH3 is 1. The summed E-state index contributed by atoms with van der Waals surface area (Å²) in [5, 5.41) is 4.78. The number of ether oxygens (including phenoxy) is 1. The van der Waals surface area contributed by atoms with E-state index in [-0.39, 0.29) is 22.5 Å². The minimum Gasteiger partial charge on any atom is -0.467 e. The molecule has 0 heterocycles. The van der Waals surface area contributed by atoms with Crippen LogP contribution in [0.1, 0.15) is 40.5 Å². The Morgan fingerprint density at radius 2 is 1.24 bits per heavy atom. The maximum absolute atomic E-state index is 12.9. The zero-order valence-corrected chi connectivity index (χ0v) is 18.3. The molecule has 0 aromatic heterocycles. The van der Waals surface area contributed by atoms with Crippen LogP contribution >= 0.6 is 0 Å². The number of anilines is 2. The highest BCUT2D eigenvalue weighted by Gasteiger charge is 2.31. The van der Waals surface area contributed by atoms with Crippen LogP contribution in [-0.4, -0.2) is 48.5 Å². The molecule has 2 amide bonds. The number of carbonyl (C=O) groups is 5. The Morgan fingerprint density at radius 3 is 1.67 bits per heavy atom. The van der Waals surface area contributed by atoms with Crippen molar-refractivity contribution < 1.29 is 28.7 Å².